The Morgan fingerprint density at radius 2 is 1.73 bits per heavy atom. The number of carbonyl (C=O) groups excluding carboxylic acids is 2. The van der Waals surface area contributed by atoms with E-state index in [-0.39, 0.29) is 22.7 Å². The number of hydrogen-bond acceptors (Lipinski definition) is 7. The van der Waals surface area contributed by atoms with Gasteiger partial charge in [-0.25, -0.2) is 16.8 Å². The van der Waals surface area contributed by atoms with Gasteiger partial charge < -0.3 is 10.5 Å². The molecule has 1 atom stereocenters. The Kier molecular flexibility index (Phi) is 5.49. The number of para-hydroxylation sites is 1. The fourth-order valence-electron chi connectivity index (χ4n) is 5.55. The minimum absolute atomic E-state index is 0.0473. The maximum atomic E-state index is 14.3. The number of nitrogen functional groups attached to an aromatic ring is 1. The van der Waals surface area contributed by atoms with Crippen LogP contribution in [0.5, 0.6) is 5.75 Å². The predicted molar refractivity (Wildman–Crippen MR) is 150 cm³/mol. The quantitative estimate of drug-likeness (QED) is 0.191. The molecule has 1 aliphatic heterocycles. The van der Waals surface area contributed by atoms with Crippen molar-refractivity contribution in [3.8, 4) is 5.75 Å². The van der Waals surface area contributed by atoms with Crippen LogP contribution in [-0.4, -0.2) is 42.4 Å². The molecule has 3 heterocycles. The number of amides is 1. The zero-order valence-electron chi connectivity index (χ0n) is 21.7. The summed E-state index contributed by atoms with van der Waals surface area (Å²) in [6.07, 6.45) is 2.41. The third-order valence-electron chi connectivity index (χ3n) is 7.39. The second kappa shape index (κ2) is 8.62. The Morgan fingerprint density at radius 1 is 1.02 bits per heavy atom. The van der Waals surface area contributed by atoms with Crippen molar-refractivity contribution in [1.82, 2.24) is 8.96 Å². The normalized spacial score (nSPS) is 17.0. The molecule has 0 bridgehead atoms. The van der Waals surface area contributed by atoms with Crippen molar-refractivity contribution in [3.63, 3.8) is 0 Å². The third-order valence-corrected chi connectivity index (χ3v) is 8.45. The second-order valence-corrected chi connectivity index (χ2v) is 11.6. The van der Waals surface area contributed by atoms with E-state index >= 15 is 0 Å². The SMILES string of the molecule is COc1ccc2c(c1N)[C@@](C)(C(=O)c1cc3c4ccccc4n(S(C)(=O)=O)c3cn1)C(=O)N2c1ccc(F)cc1. The lowest BCUT2D eigenvalue weighted by molar-refractivity contribution is -0.120. The number of carbonyl (C=O) groups is 2. The summed E-state index contributed by atoms with van der Waals surface area (Å²) in [5.41, 5.74) is 6.42. The number of methoxy groups -OCH3 is 1. The molecule has 0 fully saturated rings. The molecule has 2 aromatic heterocycles. The number of nitrogens with two attached hydrogens (primary N) is 1. The van der Waals surface area contributed by atoms with Gasteiger partial charge in [0.2, 0.25) is 21.7 Å². The molecule has 5 aromatic rings. The van der Waals surface area contributed by atoms with Crippen LogP contribution >= 0.6 is 0 Å². The van der Waals surface area contributed by atoms with E-state index in [1.807, 2.05) is 0 Å². The van der Waals surface area contributed by atoms with Crippen LogP contribution in [0.4, 0.5) is 21.5 Å². The zero-order valence-corrected chi connectivity index (χ0v) is 22.5. The van der Waals surface area contributed by atoms with Gasteiger partial charge in [-0.15, -0.1) is 0 Å². The molecule has 40 heavy (non-hydrogen) atoms. The van der Waals surface area contributed by atoms with Gasteiger partial charge in [-0.1, -0.05) is 18.2 Å². The molecule has 202 valence electrons. The largest absolute Gasteiger partial charge is 0.495 e. The maximum absolute atomic E-state index is 14.3. The number of ether oxygens (including phenoxy) is 1. The molecule has 0 spiro atoms. The van der Waals surface area contributed by atoms with Crippen LogP contribution in [0.2, 0.25) is 0 Å². The number of anilines is 3. The fourth-order valence-corrected chi connectivity index (χ4v) is 6.57. The summed E-state index contributed by atoms with van der Waals surface area (Å²) in [5.74, 6) is -1.43. The summed E-state index contributed by atoms with van der Waals surface area (Å²) in [6.45, 7) is 1.47. The topological polar surface area (TPSA) is 125 Å². The summed E-state index contributed by atoms with van der Waals surface area (Å²) in [5, 5.41) is 1.10. The standard InChI is InChI=1S/C29H23FN4O5S/c1-29(25-22(12-13-24(39-2)26(25)31)33(28(29)36)17-10-8-16(30)9-11-17)27(35)20-14-19-18-6-4-5-7-21(18)34(40(3,37)38)23(19)15-32-20/h4-15H,31H2,1-3H3/t29-/m0/s1. The minimum atomic E-state index is -3.70. The molecule has 11 heteroatoms. The van der Waals surface area contributed by atoms with E-state index in [0.29, 0.717) is 33.2 Å². The Hall–Kier alpha value is -4.77. The van der Waals surface area contributed by atoms with Crippen molar-refractivity contribution in [2.45, 2.75) is 12.3 Å². The van der Waals surface area contributed by atoms with Crippen LogP contribution in [0.1, 0.15) is 23.0 Å². The fraction of sp³-hybridized carbons (Fsp3) is 0.138. The smallest absolute Gasteiger partial charge is 0.250 e. The van der Waals surface area contributed by atoms with Crippen LogP contribution in [0, 0.1) is 5.82 Å². The summed E-state index contributed by atoms with van der Waals surface area (Å²) < 4.78 is 45.6. The summed E-state index contributed by atoms with van der Waals surface area (Å²) >= 11 is 0. The number of nitrogens with zero attached hydrogens (tertiary/aromatic N) is 3. The number of pyridine rings is 1. The van der Waals surface area contributed by atoms with Crippen LogP contribution < -0.4 is 15.4 Å². The Morgan fingerprint density at radius 3 is 2.40 bits per heavy atom. The number of aromatic nitrogens is 2. The van der Waals surface area contributed by atoms with E-state index in [1.165, 1.54) is 59.4 Å². The van der Waals surface area contributed by atoms with E-state index in [0.717, 1.165) is 6.26 Å². The molecule has 1 aliphatic rings. The number of hydrogen-bond donors (Lipinski definition) is 1. The van der Waals surface area contributed by atoms with E-state index in [2.05, 4.69) is 4.98 Å². The highest BCUT2D eigenvalue weighted by Crippen LogP contribution is 2.52. The van der Waals surface area contributed by atoms with Crippen LogP contribution in [-0.2, 0) is 20.2 Å². The van der Waals surface area contributed by atoms with Gasteiger partial charge in [0.25, 0.3) is 0 Å². The highest BCUT2D eigenvalue weighted by atomic mass is 32.2. The van der Waals surface area contributed by atoms with Crippen molar-refractivity contribution < 1.29 is 27.1 Å². The average Bonchev–Trinajstić information content (AvgIpc) is 3.39. The second-order valence-electron chi connectivity index (χ2n) is 9.78. The first-order valence-electron chi connectivity index (χ1n) is 12.2. The third kappa shape index (κ3) is 3.44. The van der Waals surface area contributed by atoms with Gasteiger partial charge in [0.1, 0.15) is 22.7 Å². The van der Waals surface area contributed by atoms with Crippen LogP contribution in [0.25, 0.3) is 21.8 Å². The lowest BCUT2D eigenvalue weighted by Crippen LogP contribution is -2.43. The number of benzene rings is 3. The van der Waals surface area contributed by atoms with Crippen molar-refractivity contribution in [2.24, 2.45) is 0 Å². The average molecular weight is 559 g/mol. The van der Waals surface area contributed by atoms with Crippen molar-refractivity contribution in [2.75, 3.05) is 24.0 Å². The first kappa shape index (κ1) is 25.5. The molecular formula is C29H23FN4O5S. The molecule has 0 radical (unpaired) electrons. The van der Waals surface area contributed by atoms with Gasteiger partial charge in [-0.3, -0.25) is 19.5 Å². The Labute approximate surface area is 228 Å². The molecule has 0 aliphatic carbocycles. The first-order valence-corrected chi connectivity index (χ1v) is 14.0. The van der Waals surface area contributed by atoms with E-state index < -0.39 is 32.9 Å². The molecule has 1 amide bonds. The van der Waals surface area contributed by atoms with E-state index in [4.69, 9.17) is 10.5 Å². The molecule has 0 saturated carbocycles. The first-order chi connectivity index (χ1) is 19.0. The maximum Gasteiger partial charge on any atom is 0.250 e. The number of fused-ring (bicyclic) bond motifs is 4. The van der Waals surface area contributed by atoms with Gasteiger partial charge in [-0.2, -0.15) is 0 Å². The van der Waals surface area contributed by atoms with E-state index in [1.54, 1.807) is 36.4 Å². The number of ketones is 1. The molecular weight excluding hydrogens is 535 g/mol. The zero-order chi connectivity index (χ0) is 28.6. The minimum Gasteiger partial charge on any atom is -0.495 e. The molecule has 0 saturated heterocycles. The van der Waals surface area contributed by atoms with Crippen LogP contribution in [0.3, 0.4) is 0 Å². The Bertz CT molecular complexity index is 2000. The lowest BCUT2D eigenvalue weighted by atomic mass is 9.77. The highest BCUT2D eigenvalue weighted by molar-refractivity contribution is 7.89. The number of halogens is 1. The van der Waals surface area contributed by atoms with Crippen LogP contribution in [0.15, 0.2) is 72.9 Å². The summed E-state index contributed by atoms with van der Waals surface area (Å²) in [6, 6.07) is 17.0. The molecule has 2 N–H and O–H groups in total. The molecule has 9 nitrogen and oxygen atoms in total. The monoisotopic (exact) mass is 558 g/mol. The lowest BCUT2D eigenvalue weighted by Gasteiger charge is -2.23. The molecule has 6 rings (SSSR count). The van der Waals surface area contributed by atoms with Crippen molar-refractivity contribution in [1.29, 1.82) is 0 Å². The van der Waals surface area contributed by atoms with Crippen molar-refractivity contribution >= 4 is 60.6 Å². The number of Topliss-reactive ketones (excluding diaryl/α,β-unsaturated/α-hetero) is 1. The van der Waals surface area contributed by atoms with Gasteiger partial charge in [0, 0.05) is 22.0 Å². The predicted octanol–water partition coefficient (Wildman–Crippen LogP) is 4.55. The van der Waals surface area contributed by atoms with Gasteiger partial charge in [0.05, 0.1) is 42.0 Å². The Balaban J connectivity index is 1.58. The summed E-state index contributed by atoms with van der Waals surface area (Å²) in [7, 11) is -2.27. The molecule has 3 aromatic carbocycles. The highest BCUT2D eigenvalue weighted by Gasteiger charge is 2.55. The van der Waals surface area contributed by atoms with Gasteiger partial charge in [0.15, 0.2) is 0 Å². The van der Waals surface area contributed by atoms with Crippen molar-refractivity contribution in [3.05, 3.63) is 90.0 Å². The van der Waals surface area contributed by atoms with Gasteiger partial charge in [-0.05, 0) is 55.5 Å². The summed E-state index contributed by atoms with van der Waals surface area (Å²) in [4.78, 5) is 34.1. The van der Waals surface area contributed by atoms with Gasteiger partial charge >= 0.3 is 0 Å². The number of rotatable bonds is 5. The van der Waals surface area contributed by atoms with E-state index in [9.17, 15) is 22.4 Å². The molecule has 0 unspecified atom stereocenters.